The number of fused-ring (bicyclic) bond motifs is 1. The number of halogens is 2. The van der Waals surface area contributed by atoms with Crippen LogP contribution in [0.1, 0.15) is 0 Å². The third-order valence-electron chi connectivity index (χ3n) is 3.10. The minimum atomic E-state index is -0.328. The van der Waals surface area contributed by atoms with Crippen LogP contribution in [0.3, 0.4) is 0 Å². The molecule has 0 saturated heterocycles. The number of thioether (sulfide) groups is 1. The molecule has 0 aliphatic carbocycles. The van der Waals surface area contributed by atoms with Gasteiger partial charge < -0.3 is 14.8 Å². The van der Waals surface area contributed by atoms with Gasteiger partial charge in [-0.05, 0) is 28.1 Å². The van der Waals surface area contributed by atoms with Gasteiger partial charge >= 0.3 is 0 Å². The van der Waals surface area contributed by atoms with Gasteiger partial charge in [0.2, 0.25) is 5.91 Å². The molecule has 1 heterocycles. The van der Waals surface area contributed by atoms with E-state index in [1.807, 2.05) is 0 Å². The van der Waals surface area contributed by atoms with Crippen LogP contribution in [0.15, 0.2) is 45.8 Å². The number of nitrogens with one attached hydrogen (secondary N) is 1. The second kappa shape index (κ2) is 7.23. The molecule has 1 amide bonds. The minimum absolute atomic E-state index is 0.113. The minimum Gasteiger partial charge on any atom is -0.486 e. The van der Waals surface area contributed by atoms with Gasteiger partial charge in [0.15, 0.2) is 11.5 Å². The van der Waals surface area contributed by atoms with Gasteiger partial charge in [0.05, 0.1) is 11.4 Å². The van der Waals surface area contributed by atoms with Gasteiger partial charge in [-0.25, -0.2) is 4.39 Å². The monoisotopic (exact) mass is 397 g/mol. The molecule has 0 spiro atoms. The van der Waals surface area contributed by atoms with Gasteiger partial charge in [0.25, 0.3) is 0 Å². The van der Waals surface area contributed by atoms with Crippen molar-refractivity contribution in [2.75, 3.05) is 24.3 Å². The standard InChI is InChI=1S/C16H13BrFNO3S/c17-10-7-13-14(22-6-5-21-13)8-12(10)19-16(20)9-23-15-4-2-1-3-11(15)18/h1-4,7-8H,5-6,9H2,(H,19,20). The first-order chi connectivity index (χ1) is 11.1. The summed E-state index contributed by atoms with van der Waals surface area (Å²) in [4.78, 5) is 12.5. The number of hydrogen-bond donors (Lipinski definition) is 1. The van der Waals surface area contributed by atoms with E-state index >= 15 is 0 Å². The molecule has 7 heteroatoms. The van der Waals surface area contributed by atoms with Crippen LogP contribution in [-0.4, -0.2) is 24.9 Å². The average molecular weight is 398 g/mol. The Bertz CT molecular complexity index is 741. The highest BCUT2D eigenvalue weighted by atomic mass is 79.9. The van der Waals surface area contributed by atoms with Crippen molar-refractivity contribution in [1.82, 2.24) is 0 Å². The van der Waals surface area contributed by atoms with Crippen molar-refractivity contribution in [3.8, 4) is 11.5 Å². The lowest BCUT2D eigenvalue weighted by molar-refractivity contribution is -0.113. The highest BCUT2D eigenvalue weighted by molar-refractivity contribution is 9.10. The predicted octanol–water partition coefficient (Wildman–Crippen LogP) is 4.09. The summed E-state index contributed by atoms with van der Waals surface area (Å²) in [7, 11) is 0. The number of hydrogen-bond acceptors (Lipinski definition) is 4. The van der Waals surface area contributed by atoms with Crippen molar-refractivity contribution in [1.29, 1.82) is 0 Å². The maximum Gasteiger partial charge on any atom is 0.234 e. The highest BCUT2D eigenvalue weighted by Gasteiger charge is 2.16. The van der Waals surface area contributed by atoms with Gasteiger partial charge in [-0.15, -0.1) is 11.8 Å². The average Bonchev–Trinajstić information content (AvgIpc) is 2.55. The van der Waals surface area contributed by atoms with Gasteiger partial charge in [0.1, 0.15) is 19.0 Å². The van der Waals surface area contributed by atoms with Gasteiger partial charge in [-0.1, -0.05) is 12.1 Å². The fourth-order valence-corrected chi connectivity index (χ4v) is 3.21. The topological polar surface area (TPSA) is 47.6 Å². The van der Waals surface area contributed by atoms with Crippen molar-refractivity contribution < 1.29 is 18.7 Å². The van der Waals surface area contributed by atoms with Crippen molar-refractivity contribution in [3.63, 3.8) is 0 Å². The third-order valence-corrected chi connectivity index (χ3v) is 4.81. The molecule has 0 saturated carbocycles. The van der Waals surface area contributed by atoms with E-state index in [1.165, 1.54) is 6.07 Å². The zero-order valence-corrected chi connectivity index (χ0v) is 14.4. The Morgan fingerprint density at radius 2 is 1.91 bits per heavy atom. The van der Waals surface area contributed by atoms with E-state index in [4.69, 9.17) is 9.47 Å². The number of benzene rings is 2. The Morgan fingerprint density at radius 3 is 2.65 bits per heavy atom. The van der Waals surface area contributed by atoms with E-state index in [1.54, 1.807) is 30.3 Å². The molecule has 4 nitrogen and oxygen atoms in total. The molecular formula is C16H13BrFNO3S. The van der Waals surface area contributed by atoms with Crippen molar-refractivity contribution in [3.05, 3.63) is 46.7 Å². The number of carbonyl (C=O) groups excluding carboxylic acids is 1. The second-order valence-corrected chi connectivity index (χ2v) is 6.61. The van der Waals surface area contributed by atoms with Crippen LogP contribution in [0.5, 0.6) is 11.5 Å². The second-order valence-electron chi connectivity index (χ2n) is 4.74. The molecular weight excluding hydrogens is 385 g/mol. The molecule has 2 aromatic rings. The fraction of sp³-hybridized carbons (Fsp3) is 0.188. The lowest BCUT2D eigenvalue weighted by Crippen LogP contribution is -2.17. The molecule has 0 aromatic heterocycles. The van der Waals surface area contributed by atoms with Crippen molar-refractivity contribution in [2.24, 2.45) is 0 Å². The summed E-state index contributed by atoms with van der Waals surface area (Å²) in [5.74, 6) is 0.793. The number of anilines is 1. The summed E-state index contributed by atoms with van der Waals surface area (Å²) in [5.41, 5.74) is 0.591. The summed E-state index contributed by atoms with van der Waals surface area (Å²) in [6, 6.07) is 9.84. The summed E-state index contributed by atoms with van der Waals surface area (Å²) >= 11 is 4.55. The predicted molar refractivity (Wildman–Crippen MR) is 90.9 cm³/mol. The molecule has 120 valence electrons. The lowest BCUT2D eigenvalue weighted by Gasteiger charge is -2.20. The van der Waals surface area contributed by atoms with Crippen LogP contribution in [0, 0.1) is 5.82 Å². The molecule has 1 aliphatic heterocycles. The maximum atomic E-state index is 13.5. The van der Waals surface area contributed by atoms with Crippen molar-refractivity contribution >= 4 is 39.3 Å². The van der Waals surface area contributed by atoms with Crippen LogP contribution < -0.4 is 14.8 Å². The third kappa shape index (κ3) is 3.97. The van der Waals surface area contributed by atoms with Gasteiger partial charge in [-0.3, -0.25) is 4.79 Å². The lowest BCUT2D eigenvalue weighted by atomic mass is 10.2. The zero-order valence-electron chi connectivity index (χ0n) is 12.0. The first-order valence-corrected chi connectivity index (χ1v) is 8.67. The first kappa shape index (κ1) is 16.1. The SMILES string of the molecule is O=C(CSc1ccccc1F)Nc1cc2c(cc1Br)OCCO2. The van der Waals surface area contributed by atoms with Gasteiger partial charge in [0, 0.05) is 21.5 Å². The number of rotatable bonds is 4. The zero-order chi connectivity index (χ0) is 16.2. The Morgan fingerprint density at radius 1 is 1.22 bits per heavy atom. The molecule has 0 unspecified atom stereocenters. The summed E-state index contributed by atoms with van der Waals surface area (Å²) in [6.07, 6.45) is 0. The molecule has 0 radical (unpaired) electrons. The largest absolute Gasteiger partial charge is 0.486 e. The van der Waals surface area contributed by atoms with Crippen LogP contribution >= 0.6 is 27.7 Å². The van der Waals surface area contributed by atoms with E-state index in [2.05, 4.69) is 21.2 Å². The maximum absolute atomic E-state index is 13.5. The van der Waals surface area contributed by atoms with E-state index in [-0.39, 0.29) is 17.5 Å². The van der Waals surface area contributed by atoms with E-state index in [9.17, 15) is 9.18 Å². The molecule has 2 aromatic carbocycles. The van der Waals surface area contributed by atoms with Crippen molar-refractivity contribution in [2.45, 2.75) is 4.90 Å². The van der Waals surface area contributed by atoms with Gasteiger partial charge in [-0.2, -0.15) is 0 Å². The Kier molecular flexibility index (Phi) is 5.07. The Hall–Kier alpha value is -1.73. The smallest absolute Gasteiger partial charge is 0.234 e. The van der Waals surface area contributed by atoms with Crippen LogP contribution in [0.25, 0.3) is 0 Å². The summed E-state index contributed by atoms with van der Waals surface area (Å²) < 4.78 is 25.2. The van der Waals surface area contributed by atoms with Crippen LogP contribution in [0.4, 0.5) is 10.1 Å². The van der Waals surface area contributed by atoms with Crippen LogP contribution in [-0.2, 0) is 4.79 Å². The number of carbonyl (C=O) groups is 1. The Balaban J connectivity index is 1.65. The molecule has 1 N–H and O–H groups in total. The number of amides is 1. The normalized spacial score (nSPS) is 12.8. The molecule has 0 fully saturated rings. The molecule has 0 atom stereocenters. The van der Waals surface area contributed by atoms with Crippen LogP contribution in [0.2, 0.25) is 0 Å². The number of ether oxygens (including phenoxy) is 2. The fourth-order valence-electron chi connectivity index (χ4n) is 2.05. The first-order valence-electron chi connectivity index (χ1n) is 6.90. The summed E-state index contributed by atoms with van der Waals surface area (Å²) in [6.45, 7) is 0.982. The highest BCUT2D eigenvalue weighted by Crippen LogP contribution is 2.38. The van der Waals surface area contributed by atoms with E-state index < -0.39 is 0 Å². The quantitative estimate of drug-likeness (QED) is 0.789. The van der Waals surface area contributed by atoms with E-state index in [0.29, 0.717) is 39.8 Å². The van der Waals surface area contributed by atoms with E-state index in [0.717, 1.165) is 11.8 Å². The molecule has 23 heavy (non-hydrogen) atoms. The molecule has 3 rings (SSSR count). The summed E-state index contributed by atoms with van der Waals surface area (Å²) in [5, 5.41) is 2.79. The molecule has 0 bridgehead atoms. The molecule has 1 aliphatic rings. The Labute approximate surface area is 145 Å².